The lowest BCUT2D eigenvalue weighted by molar-refractivity contribution is -0.134. The van der Waals surface area contributed by atoms with Gasteiger partial charge in [-0.25, -0.2) is 0 Å². The Bertz CT molecular complexity index is 931. The molecule has 3 rings (SSSR count). The van der Waals surface area contributed by atoms with Crippen molar-refractivity contribution in [3.63, 3.8) is 0 Å². The van der Waals surface area contributed by atoms with Crippen molar-refractivity contribution >= 4 is 23.5 Å². The minimum absolute atomic E-state index is 0.0332. The van der Waals surface area contributed by atoms with Crippen LogP contribution in [0.15, 0.2) is 64.9 Å². The predicted octanol–water partition coefficient (Wildman–Crippen LogP) is 4.13. The number of Topliss-reactive ketones (excluding diaryl/α,β-unsaturated/α-hetero) is 1. The second-order valence-corrected chi connectivity index (χ2v) is 8.49. The van der Waals surface area contributed by atoms with Gasteiger partial charge in [0.2, 0.25) is 5.91 Å². The van der Waals surface area contributed by atoms with Crippen molar-refractivity contribution in [3.8, 4) is 11.5 Å². The van der Waals surface area contributed by atoms with Gasteiger partial charge in [0.1, 0.15) is 18.5 Å². The number of ether oxygens (including phenoxy) is 3. The molecule has 0 spiro atoms. The second kappa shape index (κ2) is 12.3. The number of methoxy groups -OCH3 is 1. The largest absolute Gasteiger partial charge is 0.493 e. The first-order valence-corrected chi connectivity index (χ1v) is 11.5. The van der Waals surface area contributed by atoms with E-state index in [2.05, 4.69) is 0 Å². The van der Waals surface area contributed by atoms with E-state index in [0.717, 1.165) is 10.5 Å². The van der Waals surface area contributed by atoms with Crippen LogP contribution in [-0.2, 0) is 20.7 Å². The Hall–Kier alpha value is -2.77. The first kappa shape index (κ1) is 23.9. The zero-order chi connectivity index (χ0) is 22.8. The summed E-state index contributed by atoms with van der Waals surface area (Å²) in [7, 11) is 1.59. The van der Waals surface area contributed by atoms with E-state index in [1.807, 2.05) is 53.9 Å². The predicted molar refractivity (Wildman–Crippen MR) is 125 cm³/mol. The van der Waals surface area contributed by atoms with Crippen molar-refractivity contribution in [2.24, 2.45) is 0 Å². The molecule has 1 aliphatic rings. The lowest BCUT2D eigenvalue weighted by Gasteiger charge is -2.32. The molecule has 0 N–H and O–H groups in total. The number of morpholine rings is 1. The number of benzene rings is 2. The third-order valence-corrected chi connectivity index (χ3v) is 5.84. The Balaban J connectivity index is 1.50. The van der Waals surface area contributed by atoms with Crippen molar-refractivity contribution in [2.45, 2.75) is 30.8 Å². The number of nitrogens with zero attached hydrogens (tertiary/aromatic N) is 1. The first-order valence-electron chi connectivity index (χ1n) is 10.6. The van der Waals surface area contributed by atoms with Crippen molar-refractivity contribution in [1.29, 1.82) is 0 Å². The molecule has 2 aromatic carbocycles. The fourth-order valence-electron chi connectivity index (χ4n) is 3.29. The average molecular weight is 456 g/mol. The topological polar surface area (TPSA) is 65.1 Å². The molecule has 0 saturated carbocycles. The molecule has 0 radical (unpaired) electrons. The van der Waals surface area contributed by atoms with Crippen molar-refractivity contribution in [2.75, 3.05) is 33.4 Å². The van der Waals surface area contributed by atoms with E-state index >= 15 is 0 Å². The number of hydrogen-bond donors (Lipinski definition) is 0. The van der Waals surface area contributed by atoms with Gasteiger partial charge in [-0.05, 0) is 48.6 Å². The summed E-state index contributed by atoms with van der Waals surface area (Å²) in [6, 6.07) is 15.6. The lowest BCUT2D eigenvalue weighted by atomic mass is 10.1. The van der Waals surface area contributed by atoms with Gasteiger partial charge >= 0.3 is 0 Å². The van der Waals surface area contributed by atoms with Crippen molar-refractivity contribution in [1.82, 2.24) is 4.90 Å². The molecule has 1 amide bonds. The summed E-state index contributed by atoms with van der Waals surface area (Å²) in [6.07, 6.45) is 2.56. The van der Waals surface area contributed by atoms with E-state index in [4.69, 9.17) is 14.2 Å². The fraction of sp³-hybridized carbons (Fsp3) is 0.360. The summed E-state index contributed by atoms with van der Waals surface area (Å²) in [5, 5.41) is 1.82. The number of ketones is 1. The van der Waals surface area contributed by atoms with Crippen LogP contribution in [0.4, 0.5) is 0 Å². The molecule has 7 heteroatoms. The molecular formula is C25H29NO5S. The van der Waals surface area contributed by atoms with Gasteiger partial charge in [0.25, 0.3) is 0 Å². The van der Waals surface area contributed by atoms with Crippen LogP contribution in [0, 0.1) is 0 Å². The standard InChI is InChI=1S/C25H29NO5S/c1-19(27)8-9-20-10-11-23(24(16-20)29-2)31-18-21-17-26(13-14-30-21)25(28)12-15-32-22-6-4-3-5-7-22/h3-7,10-12,15-16,21H,8-9,13-14,17-18H2,1-2H3/b15-12+. The number of hydrogen-bond acceptors (Lipinski definition) is 6. The molecule has 2 aromatic rings. The molecule has 1 unspecified atom stereocenters. The summed E-state index contributed by atoms with van der Waals surface area (Å²) >= 11 is 1.51. The number of rotatable bonds is 10. The number of carbonyl (C=O) groups is 2. The molecule has 170 valence electrons. The van der Waals surface area contributed by atoms with Gasteiger partial charge in [-0.3, -0.25) is 4.79 Å². The van der Waals surface area contributed by atoms with Crippen LogP contribution in [-0.4, -0.2) is 56.1 Å². The van der Waals surface area contributed by atoms with Crippen LogP contribution < -0.4 is 9.47 Å². The first-order chi connectivity index (χ1) is 15.5. The average Bonchev–Trinajstić information content (AvgIpc) is 2.82. The van der Waals surface area contributed by atoms with E-state index in [0.29, 0.717) is 50.6 Å². The summed E-state index contributed by atoms with van der Waals surface area (Å²) < 4.78 is 17.2. The van der Waals surface area contributed by atoms with Crippen LogP contribution in [0.2, 0.25) is 0 Å². The van der Waals surface area contributed by atoms with Crippen LogP contribution in [0.3, 0.4) is 0 Å². The maximum Gasteiger partial charge on any atom is 0.247 e. The van der Waals surface area contributed by atoms with E-state index in [1.54, 1.807) is 25.0 Å². The van der Waals surface area contributed by atoms with E-state index in [9.17, 15) is 9.59 Å². The maximum atomic E-state index is 12.5. The molecule has 1 fully saturated rings. The van der Waals surface area contributed by atoms with Crippen molar-refractivity contribution < 1.29 is 23.8 Å². The molecule has 6 nitrogen and oxygen atoms in total. The highest BCUT2D eigenvalue weighted by molar-refractivity contribution is 8.02. The normalized spacial score (nSPS) is 16.2. The molecule has 1 aliphatic heterocycles. The van der Waals surface area contributed by atoms with Gasteiger partial charge < -0.3 is 23.9 Å². The van der Waals surface area contributed by atoms with Gasteiger partial charge in [-0.1, -0.05) is 36.0 Å². The van der Waals surface area contributed by atoms with Gasteiger partial charge in [0.15, 0.2) is 11.5 Å². The van der Waals surface area contributed by atoms with Gasteiger partial charge in [-0.15, -0.1) is 0 Å². The summed E-state index contributed by atoms with van der Waals surface area (Å²) in [4.78, 5) is 26.6. The van der Waals surface area contributed by atoms with Crippen LogP contribution in [0.5, 0.6) is 11.5 Å². The molecule has 1 heterocycles. The van der Waals surface area contributed by atoms with Gasteiger partial charge in [0, 0.05) is 23.9 Å². The summed E-state index contributed by atoms with van der Waals surface area (Å²) in [5.74, 6) is 1.36. The Morgan fingerprint density at radius 3 is 2.75 bits per heavy atom. The molecular weight excluding hydrogens is 426 g/mol. The zero-order valence-corrected chi connectivity index (χ0v) is 19.3. The Morgan fingerprint density at radius 2 is 2.00 bits per heavy atom. The summed E-state index contributed by atoms with van der Waals surface area (Å²) in [6.45, 7) is 3.41. The van der Waals surface area contributed by atoms with E-state index in [1.165, 1.54) is 11.8 Å². The smallest absolute Gasteiger partial charge is 0.247 e. The van der Waals surface area contributed by atoms with Crippen molar-refractivity contribution in [3.05, 3.63) is 65.6 Å². The zero-order valence-electron chi connectivity index (χ0n) is 18.5. The minimum Gasteiger partial charge on any atom is -0.493 e. The SMILES string of the molecule is COc1cc(CCC(C)=O)ccc1OCC1CN(C(=O)/C=C/Sc2ccccc2)CCO1. The van der Waals surface area contributed by atoms with Crippen LogP contribution in [0.1, 0.15) is 18.9 Å². The minimum atomic E-state index is -0.218. The highest BCUT2D eigenvalue weighted by atomic mass is 32.2. The van der Waals surface area contributed by atoms with Crippen LogP contribution in [0.25, 0.3) is 0 Å². The molecule has 0 aromatic heterocycles. The number of thioether (sulfide) groups is 1. The molecule has 1 atom stereocenters. The number of amides is 1. The second-order valence-electron chi connectivity index (χ2n) is 7.51. The third-order valence-electron chi connectivity index (χ3n) is 5.03. The number of carbonyl (C=O) groups excluding carboxylic acids is 2. The Labute approximate surface area is 193 Å². The number of aryl methyl sites for hydroxylation is 1. The fourth-order valence-corrected chi connectivity index (χ4v) is 3.94. The molecule has 32 heavy (non-hydrogen) atoms. The van der Waals surface area contributed by atoms with E-state index < -0.39 is 0 Å². The highest BCUT2D eigenvalue weighted by Crippen LogP contribution is 2.29. The monoisotopic (exact) mass is 455 g/mol. The van der Waals surface area contributed by atoms with Gasteiger partial charge in [-0.2, -0.15) is 0 Å². The quantitative estimate of drug-likeness (QED) is 0.397. The van der Waals surface area contributed by atoms with E-state index in [-0.39, 0.29) is 17.8 Å². The maximum absolute atomic E-state index is 12.5. The molecule has 0 bridgehead atoms. The third kappa shape index (κ3) is 7.43. The molecule has 1 saturated heterocycles. The van der Waals surface area contributed by atoms with Gasteiger partial charge in [0.05, 0.1) is 20.3 Å². The summed E-state index contributed by atoms with van der Waals surface area (Å²) in [5.41, 5.74) is 1.02. The highest BCUT2D eigenvalue weighted by Gasteiger charge is 2.24. The Morgan fingerprint density at radius 1 is 1.19 bits per heavy atom. The molecule has 0 aliphatic carbocycles. The Kier molecular flexibility index (Phi) is 9.19. The van der Waals surface area contributed by atoms with Crippen LogP contribution >= 0.6 is 11.8 Å². The lowest BCUT2D eigenvalue weighted by Crippen LogP contribution is -2.47.